The largest absolute Gasteiger partial charge is 0.463 e. The summed E-state index contributed by atoms with van der Waals surface area (Å²) in [6.45, 7) is 2.68. The van der Waals surface area contributed by atoms with E-state index in [0.717, 1.165) is 13.1 Å². The molecule has 0 bridgehead atoms. The molecule has 2 N–H and O–H groups in total. The zero-order valence-corrected chi connectivity index (χ0v) is 12.6. The van der Waals surface area contributed by atoms with Crippen LogP contribution in [0.4, 0.5) is 11.9 Å². The second-order valence-electron chi connectivity index (χ2n) is 6.14. The van der Waals surface area contributed by atoms with Crippen molar-refractivity contribution in [1.29, 1.82) is 0 Å². The Morgan fingerprint density at radius 3 is 2.43 bits per heavy atom. The number of hydrogen-bond donors (Lipinski definition) is 1. The monoisotopic (exact) mass is 291 g/mol. The Labute approximate surface area is 126 Å². The van der Waals surface area contributed by atoms with Gasteiger partial charge in [-0.1, -0.05) is 19.3 Å². The van der Waals surface area contributed by atoms with Crippen LogP contribution in [0.1, 0.15) is 51.4 Å². The highest BCUT2D eigenvalue weighted by atomic mass is 16.5. The van der Waals surface area contributed by atoms with E-state index in [0.29, 0.717) is 24.5 Å². The normalized spacial score (nSPS) is 20.5. The zero-order valence-electron chi connectivity index (χ0n) is 12.6. The lowest BCUT2D eigenvalue weighted by Crippen LogP contribution is -2.31. The molecule has 0 unspecified atom stereocenters. The number of nitrogen functional groups attached to an aromatic ring is 1. The molecular formula is C15H25N5O. The maximum atomic E-state index is 5.81. The quantitative estimate of drug-likeness (QED) is 0.918. The second kappa shape index (κ2) is 6.91. The summed E-state index contributed by atoms with van der Waals surface area (Å²) in [4.78, 5) is 15.0. The standard InChI is InChI=1S/C15H25N5O/c16-13-17-14(20-9-5-2-6-10-20)19-15(18-13)21-11-12-7-3-1-4-8-12/h12H,1-11H2,(H2,16,17,18,19). The van der Waals surface area contributed by atoms with E-state index in [4.69, 9.17) is 10.5 Å². The molecule has 2 heterocycles. The predicted molar refractivity (Wildman–Crippen MR) is 82.4 cm³/mol. The van der Waals surface area contributed by atoms with Gasteiger partial charge in [-0.25, -0.2) is 0 Å². The number of ether oxygens (including phenoxy) is 1. The number of rotatable bonds is 4. The van der Waals surface area contributed by atoms with Gasteiger partial charge in [0.25, 0.3) is 0 Å². The third-order valence-electron chi connectivity index (χ3n) is 4.43. The van der Waals surface area contributed by atoms with E-state index in [9.17, 15) is 0 Å². The summed E-state index contributed by atoms with van der Waals surface area (Å²) in [7, 11) is 0. The first kappa shape index (κ1) is 14.4. The van der Waals surface area contributed by atoms with Gasteiger partial charge in [0.1, 0.15) is 0 Å². The molecule has 0 aromatic carbocycles. The molecule has 116 valence electrons. The average molecular weight is 291 g/mol. The van der Waals surface area contributed by atoms with Gasteiger partial charge in [-0.15, -0.1) is 0 Å². The molecule has 21 heavy (non-hydrogen) atoms. The van der Waals surface area contributed by atoms with Crippen molar-refractivity contribution in [2.75, 3.05) is 30.3 Å². The van der Waals surface area contributed by atoms with E-state index < -0.39 is 0 Å². The van der Waals surface area contributed by atoms with E-state index >= 15 is 0 Å². The average Bonchev–Trinajstić information content (AvgIpc) is 2.54. The third-order valence-corrected chi connectivity index (χ3v) is 4.43. The van der Waals surface area contributed by atoms with Crippen LogP contribution in [0, 0.1) is 5.92 Å². The Balaban J connectivity index is 1.62. The van der Waals surface area contributed by atoms with Crippen LogP contribution < -0.4 is 15.4 Å². The Bertz CT molecular complexity index is 455. The SMILES string of the molecule is Nc1nc(OCC2CCCCC2)nc(N2CCCCC2)n1. The molecule has 1 aromatic rings. The van der Waals surface area contributed by atoms with Crippen LogP contribution >= 0.6 is 0 Å². The van der Waals surface area contributed by atoms with Gasteiger partial charge < -0.3 is 15.4 Å². The molecule has 2 fully saturated rings. The Kier molecular flexibility index (Phi) is 4.72. The Morgan fingerprint density at radius 2 is 1.67 bits per heavy atom. The van der Waals surface area contributed by atoms with Crippen molar-refractivity contribution in [3.05, 3.63) is 0 Å². The summed E-state index contributed by atoms with van der Waals surface area (Å²) < 4.78 is 5.79. The van der Waals surface area contributed by atoms with Crippen LogP contribution in [0.5, 0.6) is 6.01 Å². The van der Waals surface area contributed by atoms with Crippen molar-refractivity contribution in [3.8, 4) is 6.01 Å². The molecule has 2 aliphatic rings. The molecule has 0 amide bonds. The number of anilines is 2. The molecule has 1 aliphatic heterocycles. The topological polar surface area (TPSA) is 77.2 Å². The lowest BCUT2D eigenvalue weighted by atomic mass is 9.90. The minimum absolute atomic E-state index is 0.254. The van der Waals surface area contributed by atoms with E-state index in [2.05, 4.69) is 19.9 Å². The van der Waals surface area contributed by atoms with Gasteiger partial charge in [-0.05, 0) is 38.0 Å². The number of aromatic nitrogens is 3. The summed E-state index contributed by atoms with van der Waals surface area (Å²) in [5, 5.41) is 0. The van der Waals surface area contributed by atoms with Crippen molar-refractivity contribution < 1.29 is 4.74 Å². The fourth-order valence-electron chi connectivity index (χ4n) is 3.21. The van der Waals surface area contributed by atoms with Crippen LogP contribution in [0.15, 0.2) is 0 Å². The maximum absolute atomic E-state index is 5.81. The number of hydrogen-bond acceptors (Lipinski definition) is 6. The summed E-state index contributed by atoms with van der Waals surface area (Å²) in [6, 6.07) is 0.383. The van der Waals surface area contributed by atoms with Crippen LogP contribution in [0.2, 0.25) is 0 Å². The van der Waals surface area contributed by atoms with Gasteiger partial charge in [0.15, 0.2) is 0 Å². The van der Waals surface area contributed by atoms with Gasteiger partial charge in [0, 0.05) is 13.1 Å². The number of nitrogens with zero attached hydrogens (tertiary/aromatic N) is 4. The molecule has 0 spiro atoms. The molecule has 1 saturated heterocycles. The molecule has 0 radical (unpaired) electrons. The van der Waals surface area contributed by atoms with Crippen LogP contribution in [-0.4, -0.2) is 34.6 Å². The van der Waals surface area contributed by atoms with Gasteiger partial charge in [-0.3, -0.25) is 0 Å². The third kappa shape index (κ3) is 3.95. The molecule has 3 rings (SSSR count). The minimum atomic E-state index is 0.254. The lowest BCUT2D eigenvalue weighted by Gasteiger charge is -2.26. The molecular weight excluding hydrogens is 266 g/mol. The highest BCUT2D eigenvalue weighted by molar-refractivity contribution is 5.36. The van der Waals surface area contributed by atoms with E-state index in [1.807, 2.05) is 0 Å². The predicted octanol–water partition coefficient (Wildman–Crippen LogP) is 2.40. The summed E-state index contributed by atoms with van der Waals surface area (Å²) in [5.41, 5.74) is 5.81. The fourth-order valence-corrected chi connectivity index (χ4v) is 3.21. The summed E-state index contributed by atoms with van der Waals surface area (Å²) >= 11 is 0. The van der Waals surface area contributed by atoms with Gasteiger partial charge in [0.05, 0.1) is 6.61 Å². The molecule has 6 heteroatoms. The van der Waals surface area contributed by atoms with E-state index in [1.165, 1.54) is 51.4 Å². The fraction of sp³-hybridized carbons (Fsp3) is 0.800. The van der Waals surface area contributed by atoms with Crippen molar-refractivity contribution in [2.24, 2.45) is 5.92 Å². The lowest BCUT2D eigenvalue weighted by molar-refractivity contribution is 0.196. The highest BCUT2D eigenvalue weighted by Gasteiger charge is 2.18. The Hall–Kier alpha value is -1.59. The van der Waals surface area contributed by atoms with Crippen LogP contribution in [0.25, 0.3) is 0 Å². The second-order valence-corrected chi connectivity index (χ2v) is 6.14. The van der Waals surface area contributed by atoms with Crippen molar-refractivity contribution >= 4 is 11.9 Å². The summed E-state index contributed by atoms with van der Waals surface area (Å²) in [6.07, 6.45) is 10.1. The zero-order chi connectivity index (χ0) is 14.5. The van der Waals surface area contributed by atoms with E-state index in [1.54, 1.807) is 0 Å². The number of piperidine rings is 1. The van der Waals surface area contributed by atoms with E-state index in [-0.39, 0.29) is 5.95 Å². The van der Waals surface area contributed by atoms with Gasteiger partial charge in [-0.2, -0.15) is 15.0 Å². The molecule has 6 nitrogen and oxygen atoms in total. The first-order valence-corrected chi connectivity index (χ1v) is 8.20. The molecule has 0 atom stereocenters. The molecule has 1 saturated carbocycles. The van der Waals surface area contributed by atoms with Crippen molar-refractivity contribution in [1.82, 2.24) is 15.0 Å². The smallest absolute Gasteiger partial charge is 0.323 e. The van der Waals surface area contributed by atoms with Crippen molar-refractivity contribution in [2.45, 2.75) is 51.4 Å². The maximum Gasteiger partial charge on any atom is 0.323 e. The number of nitrogens with two attached hydrogens (primary N) is 1. The summed E-state index contributed by atoms with van der Waals surface area (Å²) in [5.74, 6) is 1.56. The van der Waals surface area contributed by atoms with Crippen LogP contribution in [0.3, 0.4) is 0 Å². The van der Waals surface area contributed by atoms with Gasteiger partial charge >= 0.3 is 6.01 Å². The highest BCUT2D eigenvalue weighted by Crippen LogP contribution is 2.24. The van der Waals surface area contributed by atoms with Crippen molar-refractivity contribution in [3.63, 3.8) is 0 Å². The first-order chi connectivity index (χ1) is 10.3. The Morgan fingerprint density at radius 1 is 0.952 bits per heavy atom. The molecule has 1 aromatic heterocycles. The van der Waals surface area contributed by atoms with Gasteiger partial charge in [0.2, 0.25) is 11.9 Å². The first-order valence-electron chi connectivity index (χ1n) is 8.20. The molecule has 1 aliphatic carbocycles. The van der Waals surface area contributed by atoms with Crippen LogP contribution in [-0.2, 0) is 0 Å². The minimum Gasteiger partial charge on any atom is -0.463 e.